The monoisotopic (exact) mass is 390 g/mol. The Labute approximate surface area is 162 Å². The van der Waals surface area contributed by atoms with Crippen molar-refractivity contribution in [3.63, 3.8) is 0 Å². The minimum atomic E-state index is -3.32. The predicted molar refractivity (Wildman–Crippen MR) is 110 cm³/mol. The zero-order valence-electron chi connectivity index (χ0n) is 16.9. The summed E-state index contributed by atoms with van der Waals surface area (Å²) in [6.45, 7) is 12.4. The molecule has 7 heteroatoms. The third kappa shape index (κ3) is 3.87. The molecule has 0 aromatic heterocycles. The average molecular weight is 390 g/mol. The van der Waals surface area contributed by atoms with Crippen molar-refractivity contribution in [2.24, 2.45) is 0 Å². The molecule has 0 saturated carbocycles. The fraction of sp³-hybridized carbons (Fsp3) is 0.500. The maximum Gasteiger partial charge on any atom is 0.494 e. The topological polar surface area (TPSA) is 54.0 Å². The van der Waals surface area contributed by atoms with Crippen LogP contribution in [0.15, 0.2) is 36.4 Å². The summed E-state index contributed by atoms with van der Waals surface area (Å²) < 4.78 is 36.3. The molecular formula is C20H28BO5P. The molecule has 0 aliphatic carbocycles. The number of benzene rings is 2. The van der Waals surface area contributed by atoms with Gasteiger partial charge in [-0.15, -0.1) is 0 Å². The van der Waals surface area contributed by atoms with Crippen LogP contribution < -0.4 is 10.8 Å². The molecule has 1 aliphatic heterocycles. The van der Waals surface area contributed by atoms with Gasteiger partial charge in [0.15, 0.2) is 0 Å². The van der Waals surface area contributed by atoms with Crippen LogP contribution in [0.4, 0.5) is 0 Å². The summed E-state index contributed by atoms with van der Waals surface area (Å²) in [4.78, 5) is 0. The molecule has 2 aromatic carbocycles. The molecule has 1 heterocycles. The molecule has 27 heavy (non-hydrogen) atoms. The summed E-state index contributed by atoms with van der Waals surface area (Å²) in [7, 11) is -3.76. The number of hydrogen-bond donors (Lipinski definition) is 0. The van der Waals surface area contributed by atoms with Gasteiger partial charge in [0.25, 0.3) is 0 Å². The fourth-order valence-electron chi connectivity index (χ4n) is 3.07. The van der Waals surface area contributed by atoms with Gasteiger partial charge in [0.2, 0.25) is 0 Å². The van der Waals surface area contributed by atoms with Gasteiger partial charge in [0, 0.05) is 0 Å². The maximum atomic E-state index is 13.1. The highest BCUT2D eigenvalue weighted by Crippen LogP contribution is 2.47. The molecule has 0 amide bonds. The summed E-state index contributed by atoms with van der Waals surface area (Å²) in [5.41, 5.74) is 0.142. The summed E-state index contributed by atoms with van der Waals surface area (Å²) in [6, 6.07) is 11.7. The van der Waals surface area contributed by atoms with E-state index in [4.69, 9.17) is 18.4 Å². The van der Waals surface area contributed by atoms with Crippen LogP contribution in [0.2, 0.25) is 0 Å². The van der Waals surface area contributed by atoms with Gasteiger partial charge in [-0.1, -0.05) is 24.3 Å². The van der Waals surface area contributed by atoms with E-state index in [1.165, 1.54) is 0 Å². The van der Waals surface area contributed by atoms with E-state index in [0.717, 1.165) is 16.2 Å². The second-order valence-electron chi connectivity index (χ2n) is 7.71. The van der Waals surface area contributed by atoms with Crippen molar-refractivity contribution in [2.45, 2.75) is 52.7 Å². The van der Waals surface area contributed by atoms with Gasteiger partial charge in [-0.25, -0.2) is 0 Å². The lowest BCUT2D eigenvalue weighted by atomic mass is 9.78. The Morgan fingerprint density at radius 3 is 2.00 bits per heavy atom. The molecule has 2 aromatic rings. The van der Waals surface area contributed by atoms with Gasteiger partial charge >= 0.3 is 14.7 Å². The van der Waals surface area contributed by atoms with E-state index in [2.05, 4.69) is 0 Å². The Bertz CT molecular complexity index is 854. The predicted octanol–water partition coefficient (Wildman–Crippen LogP) is 4.03. The minimum absolute atomic E-state index is 0.323. The van der Waals surface area contributed by atoms with Crippen LogP contribution in [-0.4, -0.2) is 31.5 Å². The number of rotatable bonds is 6. The van der Waals surface area contributed by atoms with Crippen molar-refractivity contribution < 1.29 is 22.9 Å². The summed E-state index contributed by atoms with van der Waals surface area (Å²) in [5, 5.41) is 2.54. The van der Waals surface area contributed by atoms with E-state index >= 15 is 0 Å². The Kier molecular flexibility index (Phi) is 5.59. The molecule has 0 bridgehead atoms. The smallest absolute Gasteiger partial charge is 0.399 e. The first-order chi connectivity index (χ1) is 12.6. The highest BCUT2D eigenvalue weighted by Gasteiger charge is 2.51. The lowest BCUT2D eigenvalue weighted by Crippen LogP contribution is -2.41. The molecule has 0 spiro atoms. The molecule has 0 unspecified atom stereocenters. The quantitative estimate of drug-likeness (QED) is 0.551. The first kappa shape index (κ1) is 20.6. The molecule has 3 rings (SSSR count). The van der Waals surface area contributed by atoms with Crippen molar-refractivity contribution in [3.8, 4) is 0 Å². The molecule has 0 N–H and O–H groups in total. The minimum Gasteiger partial charge on any atom is -0.399 e. The van der Waals surface area contributed by atoms with Crippen LogP contribution >= 0.6 is 7.60 Å². The number of hydrogen-bond acceptors (Lipinski definition) is 5. The summed E-state index contributed by atoms with van der Waals surface area (Å²) in [6.07, 6.45) is 0. The van der Waals surface area contributed by atoms with Gasteiger partial charge in [0.05, 0.1) is 29.7 Å². The Balaban J connectivity index is 1.99. The SMILES string of the molecule is CCOP(=O)(OCC)c1ccc2ccc(B3OC(C)(C)C(C)(C)O3)cc2c1. The van der Waals surface area contributed by atoms with Crippen molar-refractivity contribution in [1.82, 2.24) is 0 Å². The highest BCUT2D eigenvalue weighted by atomic mass is 31.2. The molecule has 1 fully saturated rings. The Hall–Kier alpha value is -1.17. The van der Waals surface area contributed by atoms with Crippen LogP contribution in [0.3, 0.4) is 0 Å². The Morgan fingerprint density at radius 1 is 0.889 bits per heavy atom. The molecule has 0 atom stereocenters. The van der Waals surface area contributed by atoms with E-state index in [1.807, 2.05) is 77.9 Å². The van der Waals surface area contributed by atoms with Gasteiger partial charge in [-0.2, -0.15) is 0 Å². The van der Waals surface area contributed by atoms with E-state index in [9.17, 15) is 4.57 Å². The van der Waals surface area contributed by atoms with Crippen molar-refractivity contribution in [1.29, 1.82) is 0 Å². The van der Waals surface area contributed by atoms with Gasteiger partial charge in [-0.3, -0.25) is 4.57 Å². The third-order valence-corrected chi connectivity index (χ3v) is 7.39. The van der Waals surface area contributed by atoms with E-state index in [1.54, 1.807) is 0 Å². The maximum absolute atomic E-state index is 13.1. The van der Waals surface area contributed by atoms with Gasteiger partial charge in [-0.05, 0) is 69.9 Å². The van der Waals surface area contributed by atoms with E-state index in [0.29, 0.717) is 18.5 Å². The average Bonchev–Trinajstić information content (AvgIpc) is 2.82. The summed E-state index contributed by atoms with van der Waals surface area (Å²) in [5.74, 6) is 0. The van der Waals surface area contributed by atoms with Crippen LogP contribution in [0.5, 0.6) is 0 Å². The second-order valence-corrected chi connectivity index (χ2v) is 9.74. The second kappa shape index (κ2) is 7.34. The van der Waals surface area contributed by atoms with Crippen LogP contribution in [0.1, 0.15) is 41.5 Å². The highest BCUT2D eigenvalue weighted by molar-refractivity contribution is 7.62. The van der Waals surface area contributed by atoms with Crippen LogP contribution in [0.25, 0.3) is 10.8 Å². The Morgan fingerprint density at radius 2 is 1.44 bits per heavy atom. The molecule has 0 radical (unpaired) electrons. The molecule has 5 nitrogen and oxygen atoms in total. The van der Waals surface area contributed by atoms with Gasteiger partial charge < -0.3 is 18.4 Å². The number of fused-ring (bicyclic) bond motifs is 1. The normalized spacial score (nSPS) is 19.0. The largest absolute Gasteiger partial charge is 0.494 e. The first-order valence-electron chi connectivity index (χ1n) is 9.41. The third-order valence-electron chi connectivity index (χ3n) is 5.29. The van der Waals surface area contributed by atoms with Crippen LogP contribution in [0, 0.1) is 0 Å². The standard InChI is InChI=1S/C20H28BO5P/c1-7-23-27(22,24-8-2)18-12-10-15-9-11-17(13-16(15)14-18)21-25-19(3,4)20(5,6)26-21/h9-14H,7-8H2,1-6H3. The van der Waals surface area contributed by atoms with Crippen molar-refractivity contribution >= 4 is 36.3 Å². The van der Waals surface area contributed by atoms with Crippen LogP contribution in [-0.2, 0) is 22.9 Å². The zero-order chi connectivity index (χ0) is 19.9. The van der Waals surface area contributed by atoms with E-state index in [-0.39, 0.29) is 0 Å². The van der Waals surface area contributed by atoms with Gasteiger partial charge in [0.1, 0.15) is 0 Å². The van der Waals surface area contributed by atoms with E-state index < -0.39 is 25.9 Å². The zero-order valence-corrected chi connectivity index (χ0v) is 17.8. The lowest BCUT2D eigenvalue weighted by molar-refractivity contribution is 0.00578. The molecule has 1 saturated heterocycles. The first-order valence-corrected chi connectivity index (χ1v) is 10.9. The summed E-state index contributed by atoms with van der Waals surface area (Å²) >= 11 is 0. The molecular weight excluding hydrogens is 362 g/mol. The fourth-order valence-corrected chi connectivity index (χ4v) is 4.68. The van der Waals surface area contributed by atoms with Crippen molar-refractivity contribution in [2.75, 3.05) is 13.2 Å². The molecule has 1 aliphatic rings. The molecule has 146 valence electrons. The van der Waals surface area contributed by atoms with Crippen molar-refractivity contribution in [3.05, 3.63) is 36.4 Å². The lowest BCUT2D eigenvalue weighted by Gasteiger charge is -2.32.